The number of aromatic nitrogens is 2. The van der Waals surface area contributed by atoms with Gasteiger partial charge in [0, 0.05) is 0 Å². The van der Waals surface area contributed by atoms with Crippen LogP contribution in [0.1, 0.15) is 40.0 Å². The second kappa shape index (κ2) is 9.72. The van der Waals surface area contributed by atoms with E-state index in [4.69, 9.17) is 9.47 Å². The number of amides is 1. The number of carbonyl (C=O) groups excluding carboxylic acids is 1. The highest BCUT2D eigenvalue weighted by molar-refractivity contribution is 6.05. The van der Waals surface area contributed by atoms with E-state index in [0.717, 1.165) is 24.0 Å². The smallest absolute Gasteiger partial charge is 0.255 e. The van der Waals surface area contributed by atoms with Gasteiger partial charge in [0.1, 0.15) is 11.6 Å². The number of nitrogens with zero attached hydrogens (tertiary/aromatic N) is 1. The number of hydrogen-bond donors (Lipinski definition) is 2. The molecule has 1 fully saturated rings. The Morgan fingerprint density at radius 2 is 1.86 bits per heavy atom. The number of halogens is 1. The maximum atomic E-state index is 13.3. The van der Waals surface area contributed by atoms with E-state index in [-0.39, 0.29) is 17.3 Å². The Balaban J connectivity index is 1.33. The molecule has 0 bridgehead atoms. The number of aromatic amines is 1. The maximum absolute atomic E-state index is 13.3. The van der Waals surface area contributed by atoms with Crippen LogP contribution in [0.3, 0.4) is 0 Å². The lowest BCUT2D eigenvalue weighted by atomic mass is 10.1. The molecule has 178 valence electrons. The first kappa shape index (κ1) is 22.8. The highest BCUT2D eigenvalue weighted by Gasteiger charge is 2.44. The normalized spacial score (nSPS) is 14.3. The van der Waals surface area contributed by atoms with Crippen molar-refractivity contribution in [3.8, 4) is 5.75 Å². The van der Waals surface area contributed by atoms with Crippen LogP contribution in [0.2, 0.25) is 0 Å². The molecule has 1 amide bonds. The first-order chi connectivity index (χ1) is 17.1. The third kappa shape index (κ3) is 5.10. The van der Waals surface area contributed by atoms with Crippen LogP contribution in [0.25, 0.3) is 23.1 Å². The van der Waals surface area contributed by atoms with E-state index in [1.54, 1.807) is 31.4 Å². The third-order valence-corrected chi connectivity index (χ3v) is 6.19. The van der Waals surface area contributed by atoms with E-state index in [9.17, 15) is 9.18 Å². The lowest BCUT2D eigenvalue weighted by Crippen LogP contribution is -2.40. The summed E-state index contributed by atoms with van der Waals surface area (Å²) >= 11 is 0. The average Bonchev–Trinajstić information content (AvgIpc) is 3.51. The van der Waals surface area contributed by atoms with Gasteiger partial charge in [0.15, 0.2) is 0 Å². The Labute approximate surface area is 202 Å². The van der Waals surface area contributed by atoms with E-state index in [0.29, 0.717) is 41.1 Å². The predicted octanol–water partition coefficient (Wildman–Crippen LogP) is 5.36. The molecular weight excluding hydrogens is 445 g/mol. The zero-order chi connectivity index (χ0) is 24.3. The van der Waals surface area contributed by atoms with Gasteiger partial charge >= 0.3 is 0 Å². The van der Waals surface area contributed by atoms with Gasteiger partial charge in [-0.15, -0.1) is 0 Å². The maximum Gasteiger partial charge on any atom is 0.255 e. The zero-order valence-corrected chi connectivity index (χ0v) is 19.4. The SMILES string of the molecule is COc1c(C(=O)NC2(COCc3ccccc3)CC2)ccc2n[nH]c(C=Cc3ccc(F)cc3)c12. The Morgan fingerprint density at radius 1 is 1.09 bits per heavy atom. The Hall–Kier alpha value is -3.97. The van der Waals surface area contributed by atoms with Crippen molar-refractivity contribution >= 4 is 29.0 Å². The van der Waals surface area contributed by atoms with E-state index < -0.39 is 0 Å². The minimum Gasteiger partial charge on any atom is -0.495 e. The van der Waals surface area contributed by atoms with E-state index >= 15 is 0 Å². The highest BCUT2D eigenvalue weighted by atomic mass is 19.1. The van der Waals surface area contributed by atoms with Crippen LogP contribution >= 0.6 is 0 Å². The molecule has 1 aliphatic rings. The predicted molar refractivity (Wildman–Crippen MR) is 134 cm³/mol. The average molecular weight is 472 g/mol. The summed E-state index contributed by atoms with van der Waals surface area (Å²) in [4.78, 5) is 13.3. The van der Waals surface area contributed by atoms with E-state index in [1.165, 1.54) is 12.1 Å². The van der Waals surface area contributed by atoms with Crippen LogP contribution < -0.4 is 10.1 Å². The second-order valence-electron chi connectivity index (χ2n) is 8.78. The van der Waals surface area contributed by atoms with Crippen LogP contribution in [-0.2, 0) is 11.3 Å². The minimum atomic E-state index is -0.354. The van der Waals surface area contributed by atoms with Gasteiger partial charge in [-0.2, -0.15) is 5.10 Å². The molecular formula is C28H26FN3O3. The number of H-pyrrole nitrogens is 1. The number of methoxy groups -OCH3 is 1. The number of ether oxygens (including phenoxy) is 2. The van der Waals surface area contributed by atoms with Crippen LogP contribution in [-0.4, -0.2) is 35.4 Å². The number of fused-ring (bicyclic) bond motifs is 1. The Bertz CT molecular complexity index is 1360. The van der Waals surface area contributed by atoms with Gasteiger partial charge in [-0.1, -0.05) is 48.5 Å². The molecule has 1 aromatic heterocycles. The molecule has 0 spiro atoms. The van der Waals surface area contributed by atoms with Gasteiger partial charge in [0.25, 0.3) is 5.91 Å². The fourth-order valence-corrected chi connectivity index (χ4v) is 4.07. The lowest BCUT2D eigenvalue weighted by molar-refractivity contribution is 0.0756. The summed E-state index contributed by atoms with van der Waals surface area (Å²) in [5.74, 6) is -0.0434. The molecule has 1 aliphatic carbocycles. The molecule has 0 aliphatic heterocycles. The van der Waals surface area contributed by atoms with Crippen LogP contribution in [0, 0.1) is 5.82 Å². The Morgan fingerprint density at radius 3 is 2.57 bits per heavy atom. The number of hydrogen-bond acceptors (Lipinski definition) is 4. The van der Waals surface area contributed by atoms with E-state index in [2.05, 4.69) is 15.5 Å². The van der Waals surface area contributed by atoms with Crippen molar-refractivity contribution in [2.75, 3.05) is 13.7 Å². The summed E-state index contributed by atoms with van der Waals surface area (Å²) in [6, 6.07) is 19.7. The minimum absolute atomic E-state index is 0.209. The molecule has 0 atom stereocenters. The first-order valence-electron chi connectivity index (χ1n) is 11.5. The number of nitrogens with one attached hydrogen (secondary N) is 2. The summed E-state index contributed by atoms with van der Waals surface area (Å²) in [5.41, 5.74) is 3.41. The fourth-order valence-electron chi connectivity index (χ4n) is 4.07. The second-order valence-corrected chi connectivity index (χ2v) is 8.78. The van der Waals surface area contributed by atoms with Crippen LogP contribution in [0.4, 0.5) is 4.39 Å². The molecule has 1 heterocycles. The standard InChI is InChI=1S/C28H26FN3O3/c1-34-26-22(27(33)30-28(15-16-28)18-35-17-20-5-3-2-4-6-20)12-14-24-25(26)23(31-32-24)13-9-19-7-10-21(29)11-8-19/h2-14H,15-18H2,1H3,(H,30,33)(H,31,32). The van der Waals surface area contributed by atoms with Crippen molar-refractivity contribution in [1.29, 1.82) is 0 Å². The zero-order valence-electron chi connectivity index (χ0n) is 19.4. The summed E-state index contributed by atoms with van der Waals surface area (Å²) < 4.78 is 24.8. The van der Waals surface area contributed by atoms with Gasteiger partial charge in [0.2, 0.25) is 0 Å². The molecule has 0 radical (unpaired) electrons. The topological polar surface area (TPSA) is 76.2 Å². The lowest BCUT2D eigenvalue weighted by Gasteiger charge is -2.19. The van der Waals surface area contributed by atoms with Gasteiger partial charge in [0.05, 0.1) is 48.0 Å². The van der Waals surface area contributed by atoms with Gasteiger partial charge in [-0.3, -0.25) is 9.89 Å². The van der Waals surface area contributed by atoms with Gasteiger partial charge in [-0.25, -0.2) is 4.39 Å². The molecule has 6 nitrogen and oxygen atoms in total. The molecule has 0 unspecified atom stereocenters. The summed E-state index contributed by atoms with van der Waals surface area (Å²) in [7, 11) is 1.54. The molecule has 35 heavy (non-hydrogen) atoms. The highest BCUT2D eigenvalue weighted by Crippen LogP contribution is 2.38. The van der Waals surface area contributed by atoms with Crippen molar-refractivity contribution in [2.45, 2.75) is 25.0 Å². The summed E-state index contributed by atoms with van der Waals surface area (Å²) in [6.45, 7) is 0.960. The summed E-state index contributed by atoms with van der Waals surface area (Å²) in [5, 5.41) is 11.2. The number of benzene rings is 3. The summed E-state index contributed by atoms with van der Waals surface area (Å²) in [6.07, 6.45) is 5.43. The van der Waals surface area contributed by atoms with Crippen molar-refractivity contribution in [1.82, 2.24) is 15.5 Å². The monoisotopic (exact) mass is 471 g/mol. The quantitative estimate of drug-likeness (QED) is 0.345. The van der Waals surface area contributed by atoms with Crippen LogP contribution in [0.15, 0.2) is 66.7 Å². The molecule has 5 rings (SSSR count). The van der Waals surface area contributed by atoms with Crippen molar-refractivity contribution in [2.24, 2.45) is 0 Å². The first-order valence-corrected chi connectivity index (χ1v) is 11.5. The fraction of sp³-hybridized carbons (Fsp3) is 0.214. The molecule has 1 saturated carbocycles. The van der Waals surface area contributed by atoms with Crippen LogP contribution in [0.5, 0.6) is 5.75 Å². The van der Waals surface area contributed by atoms with Crippen molar-refractivity contribution in [3.63, 3.8) is 0 Å². The van der Waals surface area contributed by atoms with Crippen molar-refractivity contribution < 1.29 is 18.7 Å². The van der Waals surface area contributed by atoms with Gasteiger partial charge < -0.3 is 14.8 Å². The molecule has 3 aromatic carbocycles. The number of carbonyl (C=O) groups is 1. The van der Waals surface area contributed by atoms with Crippen molar-refractivity contribution in [3.05, 3.63) is 94.9 Å². The molecule has 4 aromatic rings. The largest absolute Gasteiger partial charge is 0.495 e. The molecule has 0 saturated heterocycles. The van der Waals surface area contributed by atoms with E-state index in [1.807, 2.05) is 42.5 Å². The third-order valence-electron chi connectivity index (χ3n) is 6.19. The molecule has 2 N–H and O–H groups in total. The van der Waals surface area contributed by atoms with Gasteiger partial charge in [-0.05, 0) is 54.3 Å². The molecule has 7 heteroatoms. The Kier molecular flexibility index (Phi) is 6.33. The number of rotatable bonds is 9.